The van der Waals surface area contributed by atoms with Crippen molar-refractivity contribution < 1.29 is 37.3 Å². The molecule has 378 valence electrons. The van der Waals surface area contributed by atoms with Crippen LogP contribution in [-0.4, -0.2) is 69.4 Å². The summed E-state index contributed by atoms with van der Waals surface area (Å²) < 4.78 is 30.1. The number of ether oxygens (including phenoxy) is 1. The lowest BCUT2D eigenvalue weighted by atomic mass is 10.0. The summed E-state index contributed by atoms with van der Waals surface area (Å²) in [5, 5.41) is 2.99. The maximum absolute atomic E-state index is 13.4. The summed E-state index contributed by atoms with van der Waals surface area (Å²) in [5.74, 6) is -0.586. The molecule has 0 rings (SSSR count). The topological polar surface area (TPSA) is 114 Å². The van der Waals surface area contributed by atoms with E-state index in [0.29, 0.717) is 23.9 Å². The Morgan fingerprint density at radius 3 is 1.52 bits per heavy atom. The summed E-state index contributed by atoms with van der Waals surface area (Å²) in [6.07, 6.45) is 54.7. The Morgan fingerprint density at radius 2 is 1.00 bits per heavy atom. The highest BCUT2D eigenvalue weighted by Crippen LogP contribution is 2.38. The van der Waals surface area contributed by atoms with E-state index in [4.69, 9.17) is 13.8 Å². The predicted octanol–water partition coefficient (Wildman–Crippen LogP) is 14.9. The maximum atomic E-state index is 13.4. The highest BCUT2D eigenvalue weighted by molar-refractivity contribution is 7.45. The number of phosphoric ester groups is 1. The second kappa shape index (κ2) is 45.5. The van der Waals surface area contributed by atoms with Crippen molar-refractivity contribution in [3.05, 3.63) is 60.8 Å². The van der Waals surface area contributed by atoms with Gasteiger partial charge >= 0.3 is 5.97 Å². The Bertz CT molecular complexity index is 1300. The summed E-state index contributed by atoms with van der Waals surface area (Å²) in [6.45, 7) is 6.66. The first kappa shape index (κ1) is 62.7. The van der Waals surface area contributed by atoms with E-state index in [2.05, 4.69) is 68.6 Å². The molecule has 65 heavy (non-hydrogen) atoms. The Morgan fingerprint density at radius 1 is 0.554 bits per heavy atom. The third-order valence-corrected chi connectivity index (χ3v) is 12.5. The number of carbonyl (C=O) groups excluding carboxylic acids is 2. The van der Waals surface area contributed by atoms with Gasteiger partial charge in [-0.25, -0.2) is 0 Å². The number of phosphoric acid groups is 1. The highest BCUT2D eigenvalue weighted by atomic mass is 31.2. The molecular formula is C55H101N2O7P. The van der Waals surface area contributed by atoms with E-state index in [1.165, 1.54) is 96.3 Å². The first-order valence-corrected chi connectivity index (χ1v) is 28.1. The number of quaternary nitrogens is 1. The Labute approximate surface area is 401 Å². The number of carbonyl (C=O) groups is 2. The van der Waals surface area contributed by atoms with Crippen LogP contribution in [0.15, 0.2) is 60.8 Å². The summed E-state index contributed by atoms with van der Waals surface area (Å²) >= 11 is 0. The molecule has 10 heteroatoms. The lowest BCUT2D eigenvalue weighted by molar-refractivity contribution is -0.870. The smallest absolute Gasteiger partial charge is 0.306 e. The van der Waals surface area contributed by atoms with Crippen molar-refractivity contribution in [2.45, 2.75) is 238 Å². The van der Waals surface area contributed by atoms with Gasteiger partial charge in [0.2, 0.25) is 5.91 Å². The standard InChI is InChI=1S/C55H101N2O7P/c1-7-10-13-16-19-22-25-28-31-34-37-40-43-46-53(64-55(59)48-45-42-39-36-33-30-27-24-21-18-15-12-9-3)52(51-63-65(60,61)62-50-49-57(4,5)6)56-54(58)47-44-41-38-35-32-29-26-23-20-17-14-11-8-2/h11,14,17,20,23,26,30,33,43,46,52-53H,7-10,12-13,15-16,18-19,21-22,24-25,27-29,31-32,34-42,44-45,47-51H2,1-6H3,(H-,56,58,60,61)/b14-11+,20-17+,26-23-,33-30-,46-43+. The first-order chi connectivity index (χ1) is 31.4. The van der Waals surface area contributed by atoms with Crippen LogP contribution in [-0.2, 0) is 27.9 Å². The predicted molar refractivity (Wildman–Crippen MR) is 275 cm³/mol. The average Bonchev–Trinajstić information content (AvgIpc) is 3.26. The fourth-order valence-corrected chi connectivity index (χ4v) is 8.06. The third kappa shape index (κ3) is 46.6. The number of unbranched alkanes of at least 4 members (excludes halogenated alkanes) is 25. The number of amides is 1. The van der Waals surface area contributed by atoms with Gasteiger partial charge in [-0.15, -0.1) is 0 Å². The van der Waals surface area contributed by atoms with Gasteiger partial charge < -0.3 is 28.5 Å². The number of likely N-dealkylation sites (N-methyl/N-ethyl adjacent to an activating group) is 1. The van der Waals surface area contributed by atoms with Gasteiger partial charge in [0.25, 0.3) is 7.82 Å². The molecule has 1 amide bonds. The number of allylic oxidation sites excluding steroid dienone is 9. The van der Waals surface area contributed by atoms with Crippen molar-refractivity contribution in [2.24, 2.45) is 0 Å². The molecule has 0 aliphatic heterocycles. The van der Waals surface area contributed by atoms with Crippen LogP contribution in [0.2, 0.25) is 0 Å². The molecule has 3 atom stereocenters. The van der Waals surface area contributed by atoms with Crippen molar-refractivity contribution >= 4 is 19.7 Å². The molecule has 9 nitrogen and oxygen atoms in total. The fourth-order valence-electron chi connectivity index (χ4n) is 7.34. The van der Waals surface area contributed by atoms with Crippen LogP contribution < -0.4 is 10.2 Å². The molecule has 0 spiro atoms. The molecule has 3 unspecified atom stereocenters. The summed E-state index contributed by atoms with van der Waals surface area (Å²) in [6, 6.07) is -0.903. The molecule has 0 bridgehead atoms. The van der Waals surface area contributed by atoms with Crippen LogP contribution in [0, 0.1) is 0 Å². The van der Waals surface area contributed by atoms with Crippen LogP contribution in [0.25, 0.3) is 0 Å². The van der Waals surface area contributed by atoms with E-state index in [0.717, 1.165) is 83.5 Å². The summed E-state index contributed by atoms with van der Waals surface area (Å²) in [4.78, 5) is 39.7. The lowest BCUT2D eigenvalue weighted by Gasteiger charge is -2.30. The van der Waals surface area contributed by atoms with Crippen molar-refractivity contribution in [1.29, 1.82) is 0 Å². The summed E-state index contributed by atoms with van der Waals surface area (Å²) in [7, 11) is 1.16. The molecule has 0 aromatic rings. The zero-order chi connectivity index (χ0) is 48.0. The van der Waals surface area contributed by atoms with Crippen LogP contribution in [0.3, 0.4) is 0 Å². The monoisotopic (exact) mass is 933 g/mol. The molecule has 1 N–H and O–H groups in total. The zero-order valence-corrected chi connectivity index (χ0v) is 43.8. The SMILES string of the molecule is CC/C=C/C=C/C=C\CCCCCCCC(=O)NC(COP(=O)([O-])OCC[N+](C)(C)C)C(/C=C/CCCCCCCCCCCCC)OC(=O)CCCCC/C=C\CCCCCCCC. The molecular weight excluding hydrogens is 832 g/mol. The summed E-state index contributed by atoms with van der Waals surface area (Å²) in [5.41, 5.74) is 0. The quantitative estimate of drug-likeness (QED) is 0.0161. The Balaban J connectivity index is 5.49. The maximum Gasteiger partial charge on any atom is 0.306 e. The van der Waals surface area contributed by atoms with Gasteiger partial charge in [-0.2, -0.15) is 0 Å². The van der Waals surface area contributed by atoms with Crippen LogP contribution in [0.4, 0.5) is 0 Å². The number of esters is 1. The highest BCUT2D eigenvalue weighted by Gasteiger charge is 2.27. The van der Waals surface area contributed by atoms with Crippen molar-refractivity contribution in [1.82, 2.24) is 5.32 Å². The minimum absolute atomic E-state index is 0.0303. The van der Waals surface area contributed by atoms with Gasteiger partial charge in [0.05, 0.1) is 33.8 Å². The van der Waals surface area contributed by atoms with Gasteiger partial charge in [-0.3, -0.25) is 14.2 Å². The average molecular weight is 933 g/mol. The van der Waals surface area contributed by atoms with E-state index in [9.17, 15) is 19.0 Å². The Hall–Kier alpha value is -2.29. The van der Waals surface area contributed by atoms with E-state index in [1.54, 1.807) is 0 Å². The number of nitrogens with zero attached hydrogens (tertiary/aromatic N) is 1. The fraction of sp³-hybridized carbons (Fsp3) is 0.782. The van der Waals surface area contributed by atoms with Crippen molar-refractivity contribution in [3.63, 3.8) is 0 Å². The minimum atomic E-state index is -4.70. The van der Waals surface area contributed by atoms with Gasteiger partial charge in [0.1, 0.15) is 19.3 Å². The minimum Gasteiger partial charge on any atom is -0.756 e. The molecule has 0 aromatic carbocycles. The number of rotatable bonds is 47. The van der Waals surface area contributed by atoms with E-state index < -0.39 is 26.6 Å². The Kier molecular flexibility index (Phi) is 43.9. The second-order valence-corrected chi connectivity index (χ2v) is 20.5. The molecule has 0 aromatic heterocycles. The number of hydrogen-bond donors (Lipinski definition) is 1. The first-order valence-electron chi connectivity index (χ1n) is 26.6. The van der Waals surface area contributed by atoms with Gasteiger partial charge in [0.15, 0.2) is 0 Å². The molecule has 0 fully saturated rings. The van der Waals surface area contributed by atoms with Gasteiger partial charge in [0, 0.05) is 12.8 Å². The van der Waals surface area contributed by atoms with Crippen molar-refractivity contribution in [2.75, 3.05) is 40.9 Å². The molecule has 0 heterocycles. The molecule has 0 saturated heterocycles. The molecule has 0 aliphatic carbocycles. The number of nitrogens with one attached hydrogen (secondary N) is 1. The normalized spacial score (nSPS) is 14.4. The second-order valence-electron chi connectivity index (χ2n) is 19.1. The zero-order valence-electron chi connectivity index (χ0n) is 42.9. The third-order valence-electron chi connectivity index (χ3n) is 11.5. The molecule has 0 saturated carbocycles. The van der Waals surface area contributed by atoms with E-state index >= 15 is 0 Å². The molecule has 0 aliphatic rings. The van der Waals surface area contributed by atoms with Crippen LogP contribution >= 0.6 is 7.82 Å². The molecule has 0 radical (unpaired) electrons. The van der Waals surface area contributed by atoms with Crippen LogP contribution in [0.5, 0.6) is 0 Å². The van der Waals surface area contributed by atoms with Gasteiger partial charge in [-0.05, 0) is 76.7 Å². The lowest BCUT2D eigenvalue weighted by Crippen LogP contribution is -2.47. The van der Waals surface area contributed by atoms with Gasteiger partial charge in [-0.1, -0.05) is 197 Å². The van der Waals surface area contributed by atoms with Crippen molar-refractivity contribution in [3.8, 4) is 0 Å². The largest absolute Gasteiger partial charge is 0.756 e. The number of hydrogen-bond acceptors (Lipinski definition) is 7. The van der Waals surface area contributed by atoms with E-state index in [1.807, 2.05) is 39.4 Å². The van der Waals surface area contributed by atoms with E-state index in [-0.39, 0.29) is 31.3 Å². The van der Waals surface area contributed by atoms with Crippen LogP contribution in [0.1, 0.15) is 226 Å².